The van der Waals surface area contributed by atoms with Gasteiger partial charge in [0.05, 0.1) is 0 Å². The summed E-state index contributed by atoms with van der Waals surface area (Å²) in [4.78, 5) is 0. The lowest BCUT2D eigenvalue weighted by molar-refractivity contribution is 0.462. The molecule has 1 rings (SSSR count). The number of hydrogen-bond donors (Lipinski definition) is 2. The number of aromatic hydroxyl groups is 1. The van der Waals surface area contributed by atoms with Gasteiger partial charge in [-0.15, -0.1) is 6.58 Å². The van der Waals surface area contributed by atoms with Crippen LogP contribution in [-0.2, 0) is 6.54 Å². The number of nitrogens with one attached hydrogen (secondary N) is 1. The van der Waals surface area contributed by atoms with E-state index in [2.05, 4.69) is 18.8 Å². The predicted molar refractivity (Wildman–Crippen MR) is 64.1 cm³/mol. The molecule has 1 aromatic carbocycles. The van der Waals surface area contributed by atoms with Crippen LogP contribution in [0.5, 0.6) is 5.75 Å². The Kier molecular flexibility index (Phi) is 3.92. The number of rotatable bonds is 4. The fourth-order valence-corrected chi connectivity index (χ4v) is 1.36. The van der Waals surface area contributed by atoms with Crippen molar-refractivity contribution in [3.63, 3.8) is 0 Å². The Morgan fingerprint density at radius 1 is 1.40 bits per heavy atom. The second-order valence-electron chi connectivity index (χ2n) is 3.97. The van der Waals surface area contributed by atoms with E-state index in [1.165, 1.54) is 5.56 Å². The van der Waals surface area contributed by atoms with Gasteiger partial charge in [0.2, 0.25) is 0 Å². The number of hydrogen-bond acceptors (Lipinski definition) is 2. The molecule has 1 atom stereocenters. The SMILES string of the molecule is C=CC(C)NCc1cc(C)c(C)cc1O. The molecule has 0 heterocycles. The molecule has 1 aromatic rings. The summed E-state index contributed by atoms with van der Waals surface area (Å²) in [5, 5.41) is 13.0. The number of benzene rings is 1. The summed E-state index contributed by atoms with van der Waals surface area (Å²) in [5.74, 6) is 0.363. The van der Waals surface area contributed by atoms with Crippen LogP contribution in [0.3, 0.4) is 0 Å². The van der Waals surface area contributed by atoms with Gasteiger partial charge in [-0.1, -0.05) is 12.1 Å². The van der Waals surface area contributed by atoms with E-state index in [1.807, 2.05) is 32.1 Å². The van der Waals surface area contributed by atoms with Gasteiger partial charge in [-0.2, -0.15) is 0 Å². The van der Waals surface area contributed by atoms with E-state index in [1.54, 1.807) is 0 Å². The standard InChI is InChI=1S/C13H19NO/c1-5-11(4)14-8-12-6-9(2)10(3)7-13(12)15/h5-7,11,14-15H,1,8H2,2-4H3. The summed E-state index contributed by atoms with van der Waals surface area (Å²) < 4.78 is 0. The monoisotopic (exact) mass is 205 g/mol. The minimum absolute atomic E-state index is 0.256. The third-order valence-electron chi connectivity index (χ3n) is 2.66. The molecule has 0 aliphatic rings. The number of phenols is 1. The first-order valence-electron chi connectivity index (χ1n) is 5.19. The second-order valence-corrected chi connectivity index (χ2v) is 3.97. The zero-order valence-corrected chi connectivity index (χ0v) is 9.67. The van der Waals surface area contributed by atoms with Crippen LogP contribution < -0.4 is 5.32 Å². The Morgan fingerprint density at radius 2 is 2.00 bits per heavy atom. The minimum atomic E-state index is 0.256. The highest BCUT2D eigenvalue weighted by Crippen LogP contribution is 2.21. The average Bonchev–Trinajstić information content (AvgIpc) is 2.21. The zero-order valence-electron chi connectivity index (χ0n) is 9.67. The fraction of sp³-hybridized carbons (Fsp3) is 0.385. The maximum atomic E-state index is 9.74. The van der Waals surface area contributed by atoms with Gasteiger partial charge in [0.15, 0.2) is 0 Å². The van der Waals surface area contributed by atoms with E-state index in [0.29, 0.717) is 12.3 Å². The molecular weight excluding hydrogens is 186 g/mol. The highest BCUT2D eigenvalue weighted by Gasteiger charge is 2.04. The van der Waals surface area contributed by atoms with Crippen LogP contribution in [0.15, 0.2) is 24.8 Å². The normalized spacial score (nSPS) is 12.5. The molecule has 0 aliphatic carbocycles. The molecule has 0 bridgehead atoms. The molecular formula is C13H19NO. The van der Waals surface area contributed by atoms with Gasteiger partial charge in [-0.25, -0.2) is 0 Å². The fourth-order valence-electron chi connectivity index (χ4n) is 1.36. The molecule has 0 saturated carbocycles. The van der Waals surface area contributed by atoms with Crippen molar-refractivity contribution in [2.75, 3.05) is 0 Å². The molecule has 0 aromatic heterocycles. The maximum Gasteiger partial charge on any atom is 0.120 e. The average molecular weight is 205 g/mol. The molecule has 2 heteroatoms. The summed E-state index contributed by atoms with van der Waals surface area (Å²) in [7, 11) is 0. The van der Waals surface area contributed by atoms with Crippen LogP contribution in [0.25, 0.3) is 0 Å². The lowest BCUT2D eigenvalue weighted by Crippen LogP contribution is -2.23. The molecule has 0 fully saturated rings. The van der Waals surface area contributed by atoms with Gasteiger partial charge < -0.3 is 10.4 Å². The number of phenolic OH excluding ortho intramolecular Hbond substituents is 1. The van der Waals surface area contributed by atoms with E-state index in [-0.39, 0.29) is 6.04 Å². The summed E-state index contributed by atoms with van der Waals surface area (Å²) in [6.07, 6.45) is 1.85. The number of aryl methyl sites for hydroxylation is 2. The molecule has 2 N–H and O–H groups in total. The zero-order chi connectivity index (χ0) is 11.4. The van der Waals surface area contributed by atoms with Gasteiger partial charge in [-0.05, 0) is 38.0 Å². The van der Waals surface area contributed by atoms with Crippen LogP contribution in [0.1, 0.15) is 23.6 Å². The maximum absolute atomic E-state index is 9.74. The molecule has 0 saturated heterocycles. The Bertz CT molecular complexity index is 358. The molecule has 0 aliphatic heterocycles. The Hall–Kier alpha value is -1.28. The second kappa shape index (κ2) is 4.99. The van der Waals surface area contributed by atoms with E-state index >= 15 is 0 Å². The molecule has 82 valence electrons. The third-order valence-corrected chi connectivity index (χ3v) is 2.66. The largest absolute Gasteiger partial charge is 0.508 e. The van der Waals surface area contributed by atoms with Crippen LogP contribution in [-0.4, -0.2) is 11.1 Å². The lowest BCUT2D eigenvalue weighted by atomic mass is 10.0. The Labute approximate surface area is 91.6 Å². The van der Waals surface area contributed by atoms with Crippen molar-refractivity contribution in [1.82, 2.24) is 5.32 Å². The smallest absolute Gasteiger partial charge is 0.120 e. The first kappa shape index (κ1) is 11.8. The van der Waals surface area contributed by atoms with Gasteiger partial charge in [0.25, 0.3) is 0 Å². The molecule has 15 heavy (non-hydrogen) atoms. The van der Waals surface area contributed by atoms with Crippen molar-refractivity contribution < 1.29 is 5.11 Å². The minimum Gasteiger partial charge on any atom is -0.508 e. The van der Waals surface area contributed by atoms with Crippen molar-refractivity contribution in [2.24, 2.45) is 0 Å². The van der Waals surface area contributed by atoms with Crippen molar-refractivity contribution in [2.45, 2.75) is 33.4 Å². The third kappa shape index (κ3) is 3.10. The van der Waals surface area contributed by atoms with Crippen molar-refractivity contribution >= 4 is 0 Å². The van der Waals surface area contributed by atoms with Crippen LogP contribution in [0, 0.1) is 13.8 Å². The first-order valence-corrected chi connectivity index (χ1v) is 5.19. The van der Waals surface area contributed by atoms with Crippen LogP contribution in [0.2, 0.25) is 0 Å². The van der Waals surface area contributed by atoms with E-state index in [0.717, 1.165) is 11.1 Å². The topological polar surface area (TPSA) is 32.3 Å². The molecule has 0 radical (unpaired) electrons. The summed E-state index contributed by atoms with van der Waals surface area (Å²) in [6.45, 7) is 10.5. The summed E-state index contributed by atoms with van der Waals surface area (Å²) >= 11 is 0. The summed E-state index contributed by atoms with van der Waals surface area (Å²) in [6, 6.07) is 4.09. The van der Waals surface area contributed by atoms with Crippen LogP contribution >= 0.6 is 0 Å². The van der Waals surface area contributed by atoms with Gasteiger partial charge in [0, 0.05) is 18.2 Å². The lowest BCUT2D eigenvalue weighted by Gasteiger charge is -2.12. The van der Waals surface area contributed by atoms with E-state index < -0.39 is 0 Å². The molecule has 0 amide bonds. The van der Waals surface area contributed by atoms with Crippen molar-refractivity contribution in [1.29, 1.82) is 0 Å². The molecule has 2 nitrogen and oxygen atoms in total. The highest BCUT2D eigenvalue weighted by molar-refractivity contribution is 5.40. The predicted octanol–water partition coefficient (Wildman–Crippen LogP) is 2.67. The van der Waals surface area contributed by atoms with Crippen LogP contribution in [0.4, 0.5) is 0 Å². The molecule has 0 spiro atoms. The van der Waals surface area contributed by atoms with Crippen molar-refractivity contribution in [3.05, 3.63) is 41.5 Å². The van der Waals surface area contributed by atoms with E-state index in [9.17, 15) is 5.11 Å². The first-order chi connectivity index (χ1) is 7.04. The van der Waals surface area contributed by atoms with Gasteiger partial charge in [-0.3, -0.25) is 0 Å². The van der Waals surface area contributed by atoms with Gasteiger partial charge >= 0.3 is 0 Å². The molecule has 1 unspecified atom stereocenters. The highest BCUT2D eigenvalue weighted by atomic mass is 16.3. The Balaban J connectivity index is 2.77. The van der Waals surface area contributed by atoms with Crippen molar-refractivity contribution in [3.8, 4) is 5.75 Å². The summed E-state index contributed by atoms with van der Waals surface area (Å²) in [5.41, 5.74) is 3.26. The quantitative estimate of drug-likeness (QED) is 0.741. The van der Waals surface area contributed by atoms with Gasteiger partial charge in [0.1, 0.15) is 5.75 Å². The Morgan fingerprint density at radius 3 is 2.60 bits per heavy atom. The van der Waals surface area contributed by atoms with E-state index in [4.69, 9.17) is 0 Å².